The molecule has 1 aromatic carbocycles. The number of rotatable bonds is 3. The number of hydrogen-bond acceptors (Lipinski definition) is 3. The van der Waals surface area contributed by atoms with Crippen LogP contribution in [-0.4, -0.2) is 10.9 Å². The van der Waals surface area contributed by atoms with E-state index in [0.29, 0.717) is 17.3 Å². The predicted molar refractivity (Wildman–Crippen MR) is 87.0 cm³/mol. The Hall–Kier alpha value is -1.91. The van der Waals surface area contributed by atoms with Gasteiger partial charge >= 0.3 is 0 Å². The summed E-state index contributed by atoms with van der Waals surface area (Å²) in [4.78, 5) is 16.5. The molecule has 0 spiro atoms. The molecule has 3 nitrogen and oxygen atoms in total. The fraction of sp³-hybridized carbons (Fsp3) is 0.125. The first-order valence-corrected chi connectivity index (χ1v) is 7.82. The third kappa shape index (κ3) is 2.77. The molecule has 0 saturated heterocycles. The van der Waals surface area contributed by atoms with Gasteiger partial charge in [-0.05, 0) is 34.2 Å². The van der Waals surface area contributed by atoms with Crippen molar-refractivity contribution in [2.75, 3.05) is 0 Å². The summed E-state index contributed by atoms with van der Waals surface area (Å²) in [6.07, 6.45) is 1.53. The summed E-state index contributed by atoms with van der Waals surface area (Å²) in [5, 5.41) is 9.08. The van der Waals surface area contributed by atoms with Crippen molar-refractivity contribution in [1.82, 2.24) is 10.3 Å². The fourth-order valence-corrected chi connectivity index (χ4v) is 3.25. The Morgan fingerprint density at radius 2 is 2.05 bits per heavy atom. The average molecular weight is 317 g/mol. The minimum Gasteiger partial charge on any atom is -0.348 e. The molecule has 1 amide bonds. The van der Waals surface area contributed by atoms with Crippen molar-refractivity contribution < 1.29 is 4.79 Å². The molecule has 0 saturated carbocycles. The summed E-state index contributed by atoms with van der Waals surface area (Å²) < 4.78 is 0. The zero-order valence-corrected chi connectivity index (χ0v) is 13.0. The van der Waals surface area contributed by atoms with Crippen molar-refractivity contribution in [2.45, 2.75) is 13.5 Å². The zero-order chi connectivity index (χ0) is 14.8. The molecule has 0 radical (unpaired) electrons. The molecule has 3 rings (SSSR count). The van der Waals surface area contributed by atoms with E-state index in [-0.39, 0.29) is 5.91 Å². The summed E-state index contributed by atoms with van der Waals surface area (Å²) in [7, 11) is 0. The topological polar surface area (TPSA) is 42.0 Å². The number of benzene rings is 1. The van der Waals surface area contributed by atoms with Crippen molar-refractivity contribution in [1.29, 1.82) is 0 Å². The van der Waals surface area contributed by atoms with Crippen LogP contribution in [-0.2, 0) is 6.54 Å². The van der Waals surface area contributed by atoms with Crippen LogP contribution in [0.2, 0.25) is 5.15 Å². The third-order valence-electron chi connectivity index (χ3n) is 3.39. The van der Waals surface area contributed by atoms with Gasteiger partial charge in [0.25, 0.3) is 5.91 Å². The Morgan fingerprint density at radius 1 is 1.29 bits per heavy atom. The molecule has 5 heteroatoms. The molecule has 0 aliphatic heterocycles. The first kappa shape index (κ1) is 14.0. The lowest BCUT2D eigenvalue weighted by atomic mass is 10.1. The summed E-state index contributed by atoms with van der Waals surface area (Å²) >= 11 is 7.71. The van der Waals surface area contributed by atoms with Crippen molar-refractivity contribution >= 4 is 39.6 Å². The minimum atomic E-state index is -0.138. The second-order valence-electron chi connectivity index (χ2n) is 4.77. The Bertz CT molecular complexity index is 813. The largest absolute Gasteiger partial charge is 0.348 e. The van der Waals surface area contributed by atoms with Gasteiger partial charge in [0.05, 0.1) is 5.56 Å². The normalized spacial score (nSPS) is 10.8. The SMILES string of the molecule is Cc1cscc1CNC(=O)c1cnc(Cl)c2ccccc12. The number of aryl methyl sites for hydroxylation is 1. The van der Waals surface area contributed by atoms with E-state index in [1.54, 1.807) is 11.3 Å². The van der Waals surface area contributed by atoms with E-state index >= 15 is 0 Å². The van der Waals surface area contributed by atoms with Gasteiger partial charge in [-0.25, -0.2) is 4.98 Å². The number of thiophene rings is 1. The molecule has 0 aliphatic carbocycles. The van der Waals surface area contributed by atoms with Crippen LogP contribution in [0.4, 0.5) is 0 Å². The number of carbonyl (C=O) groups excluding carboxylic acids is 1. The number of amides is 1. The Morgan fingerprint density at radius 3 is 2.76 bits per heavy atom. The Kier molecular flexibility index (Phi) is 3.90. The smallest absolute Gasteiger partial charge is 0.253 e. The molecular weight excluding hydrogens is 304 g/mol. The molecule has 0 fully saturated rings. The highest BCUT2D eigenvalue weighted by atomic mass is 35.5. The predicted octanol–water partition coefficient (Wildman–Crippen LogP) is 4.19. The molecule has 0 unspecified atom stereocenters. The highest BCUT2D eigenvalue weighted by Gasteiger charge is 2.12. The molecule has 0 aliphatic rings. The number of nitrogens with zero attached hydrogens (tertiary/aromatic N) is 1. The van der Waals surface area contributed by atoms with Crippen molar-refractivity contribution in [3.63, 3.8) is 0 Å². The van der Waals surface area contributed by atoms with E-state index in [4.69, 9.17) is 11.6 Å². The fourth-order valence-electron chi connectivity index (χ4n) is 2.18. The van der Waals surface area contributed by atoms with Gasteiger partial charge < -0.3 is 5.32 Å². The summed E-state index contributed by atoms with van der Waals surface area (Å²) in [6.45, 7) is 2.56. The van der Waals surface area contributed by atoms with Gasteiger partial charge in [0.1, 0.15) is 5.15 Å². The van der Waals surface area contributed by atoms with Gasteiger partial charge in [0.15, 0.2) is 0 Å². The quantitative estimate of drug-likeness (QED) is 0.736. The van der Waals surface area contributed by atoms with E-state index in [2.05, 4.69) is 15.7 Å². The average Bonchev–Trinajstić information content (AvgIpc) is 2.91. The molecule has 2 heterocycles. The van der Waals surface area contributed by atoms with Crippen LogP contribution < -0.4 is 5.32 Å². The Labute approximate surface area is 131 Å². The van der Waals surface area contributed by atoms with Crippen LogP contribution in [0.3, 0.4) is 0 Å². The van der Waals surface area contributed by atoms with Crippen LogP contribution in [0, 0.1) is 6.92 Å². The summed E-state index contributed by atoms with van der Waals surface area (Å²) in [6, 6.07) is 7.52. The van der Waals surface area contributed by atoms with E-state index in [9.17, 15) is 4.79 Å². The van der Waals surface area contributed by atoms with E-state index in [1.165, 1.54) is 11.8 Å². The van der Waals surface area contributed by atoms with Crippen LogP contribution in [0.25, 0.3) is 10.8 Å². The second-order valence-corrected chi connectivity index (χ2v) is 5.87. The van der Waals surface area contributed by atoms with Gasteiger partial charge in [-0.1, -0.05) is 35.9 Å². The third-order valence-corrected chi connectivity index (χ3v) is 4.60. The van der Waals surface area contributed by atoms with E-state index in [1.807, 2.05) is 36.6 Å². The van der Waals surface area contributed by atoms with Gasteiger partial charge in [-0.3, -0.25) is 4.79 Å². The first-order valence-electron chi connectivity index (χ1n) is 6.50. The zero-order valence-electron chi connectivity index (χ0n) is 11.4. The lowest BCUT2D eigenvalue weighted by Crippen LogP contribution is -2.23. The van der Waals surface area contributed by atoms with Crippen LogP contribution >= 0.6 is 22.9 Å². The number of carbonyl (C=O) groups is 1. The summed E-state index contributed by atoms with van der Waals surface area (Å²) in [5.41, 5.74) is 2.88. The second kappa shape index (κ2) is 5.84. The summed E-state index contributed by atoms with van der Waals surface area (Å²) in [5.74, 6) is -0.138. The highest BCUT2D eigenvalue weighted by molar-refractivity contribution is 7.08. The monoisotopic (exact) mass is 316 g/mol. The molecule has 0 atom stereocenters. The first-order chi connectivity index (χ1) is 10.2. The molecule has 0 bridgehead atoms. The molecular formula is C16H13ClN2OS. The molecule has 2 aromatic heterocycles. The number of pyridine rings is 1. The number of halogens is 1. The van der Waals surface area contributed by atoms with Gasteiger partial charge in [-0.2, -0.15) is 11.3 Å². The lowest BCUT2D eigenvalue weighted by molar-refractivity contribution is 0.0952. The van der Waals surface area contributed by atoms with Crippen molar-refractivity contribution in [3.05, 3.63) is 63.1 Å². The van der Waals surface area contributed by atoms with Crippen molar-refractivity contribution in [2.24, 2.45) is 0 Å². The maximum Gasteiger partial charge on any atom is 0.253 e. The number of nitrogens with one attached hydrogen (secondary N) is 1. The van der Waals surface area contributed by atoms with Crippen LogP contribution in [0.1, 0.15) is 21.5 Å². The molecule has 21 heavy (non-hydrogen) atoms. The maximum absolute atomic E-state index is 12.4. The highest BCUT2D eigenvalue weighted by Crippen LogP contribution is 2.24. The van der Waals surface area contributed by atoms with Crippen LogP contribution in [0.15, 0.2) is 41.2 Å². The minimum absolute atomic E-state index is 0.138. The molecule has 106 valence electrons. The molecule has 1 N–H and O–H groups in total. The standard InChI is InChI=1S/C16H13ClN2OS/c1-10-8-21-9-11(10)6-19-16(20)14-7-18-15(17)13-5-3-2-4-12(13)14/h2-5,7-9H,6H2,1H3,(H,19,20). The number of hydrogen-bond donors (Lipinski definition) is 1. The van der Waals surface area contributed by atoms with Crippen LogP contribution in [0.5, 0.6) is 0 Å². The van der Waals surface area contributed by atoms with E-state index in [0.717, 1.165) is 16.3 Å². The Balaban J connectivity index is 1.88. The van der Waals surface area contributed by atoms with Gasteiger partial charge in [-0.15, -0.1) is 0 Å². The number of fused-ring (bicyclic) bond motifs is 1. The lowest BCUT2D eigenvalue weighted by Gasteiger charge is -2.08. The van der Waals surface area contributed by atoms with E-state index < -0.39 is 0 Å². The van der Waals surface area contributed by atoms with Gasteiger partial charge in [0.2, 0.25) is 0 Å². The van der Waals surface area contributed by atoms with Gasteiger partial charge in [0, 0.05) is 18.1 Å². The van der Waals surface area contributed by atoms with Crippen molar-refractivity contribution in [3.8, 4) is 0 Å². The molecule has 3 aromatic rings. The maximum atomic E-state index is 12.4. The number of aromatic nitrogens is 1.